The standard InChI is InChI=1S/C18H20N4.C2H8N2.2NO3.Pt/c1-13(19)22(2)12-11-20-18-14-7-3-5-9-16(14)21-17-10-6-4-8-15(17)18;3-1-2-4;2*2-1(3)4;/h3-10,19H,11-12H2,1-2H3,(H,20,21);1-4H2;;;/q;;2*-1;+2. The molecule has 0 unspecified atom stereocenters. The number of hydrogen-bond acceptors (Lipinski definition) is 11. The van der Waals surface area contributed by atoms with Crippen LogP contribution in [0.4, 0.5) is 5.69 Å². The van der Waals surface area contributed by atoms with Crippen molar-refractivity contribution >= 4 is 33.3 Å². The predicted octanol–water partition coefficient (Wildman–Crippen LogP) is 2.15. The number of rotatable bonds is 5. The fraction of sp³-hybridized carbons (Fsp3) is 0.300. The van der Waals surface area contributed by atoms with E-state index in [0.29, 0.717) is 18.9 Å². The molecule has 0 saturated carbocycles. The maximum absolute atomic E-state index is 8.25. The molecule has 35 heavy (non-hydrogen) atoms. The molecule has 0 aliphatic heterocycles. The van der Waals surface area contributed by atoms with Gasteiger partial charge in [-0.25, -0.2) is 4.98 Å². The number of anilines is 1. The molecule has 1 heterocycles. The van der Waals surface area contributed by atoms with Crippen LogP contribution in [0.15, 0.2) is 48.5 Å². The molecule has 0 aliphatic carbocycles. The molecule has 3 aromatic rings. The van der Waals surface area contributed by atoms with Crippen molar-refractivity contribution < 1.29 is 31.2 Å². The summed E-state index contributed by atoms with van der Waals surface area (Å²) in [6.45, 7) is 4.57. The van der Waals surface area contributed by atoms with Crippen LogP contribution in [0.3, 0.4) is 0 Å². The molecule has 15 heteroatoms. The first-order chi connectivity index (χ1) is 16.0. The summed E-state index contributed by atoms with van der Waals surface area (Å²) in [4.78, 5) is 23.2. The number of pyridine rings is 1. The summed E-state index contributed by atoms with van der Waals surface area (Å²) >= 11 is 0. The van der Waals surface area contributed by atoms with E-state index in [4.69, 9.17) is 52.5 Å². The van der Waals surface area contributed by atoms with Crippen molar-refractivity contribution in [3.05, 3.63) is 79.2 Å². The van der Waals surface area contributed by atoms with Gasteiger partial charge in [0, 0.05) is 44.0 Å². The quantitative estimate of drug-likeness (QED) is 0.101. The molecular weight excluding hydrogens is 643 g/mol. The second-order valence-corrected chi connectivity index (χ2v) is 6.48. The summed E-state index contributed by atoms with van der Waals surface area (Å²) < 4.78 is 0. The van der Waals surface area contributed by atoms with Gasteiger partial charge >= 0.3 is 21.1 Å². The zero-order valence-corrected chi connectivity index (χ0v) is 21.4. The Morgan fingerprint density at radius 2 is 1.31 bits per heavy atom. The third kappa shape index (κ3) is 14.3. The molecule has 3 rings (SSSR count). The number of hydrogen-bond donors (Lipinski definition) is 4. The predicted molar refractivity (Wildman–Crippen MR) is 133 cm³/mol. The maximum atomic E-state index is 8.25. The topological polar surface area (TPSA) is 236 Å². The van der Waals surface area contributed by atoms with Gasteiger partial charge in [-0.1, -0.05) is 36.4 Å². The van der Waals surface area contributed by atoms with E-state index < -0.39 is 10.2 Å². The van der Waals surface area contributed by atoms with Crippen molar-refractivity contribution in [2.24, 2.45) is 11.5 Å². The first-order valence-corrected chi connectivity index (χ1v) is 9.85. The largest absolute Gasteiger partial charge is 2.00 e. The van der Waals surface area contributed by atoms with Gasteiger partial charge in [0.05, 0.1) is 32.7 Å². The second kappa shape index (κ2) is 18.8. The third-order valence-corrected chi connectivity index (χ3v) is 4.08. The molecule has 0 atom stereocenters. The Hall–Kier alpha value is -3.61. The van der Waals surface area contributed by atoms with Crippen LogP contribution in [-0.4, -0.2) is 59.1 Å². The Morgan fingerprint density at radius 3 is 1.66 bits per heavy atom. The molecule has 0 saturated heterocycles. The normalized spacial score (nSPS) is 9.03. The van der Waals surface area contributed by atoms with Crippen LogP contribution in [0.25, 0.3) is 21.8 Å². The number of nitrogens with zero attached hydrogens (tertiary/aromatic N) is 4. The number of nitrogens with two attached hydrogens (primary N) is 2. The van der Waals surface area contributed by atoms with Gasteiger partial charge in [0.2, 0.25) is 0 Å². The minimum atomic E-state index is -1.75. The van der Waals surface area contributed by atoms with Crippen molar-refractivity contribution in [3.8, 4) is 0 Å². The van der Waals surface area contributed by atoms with Crippen LogP contribution in [0.1, 0.15) is 6.92 Å². The minimum Gasteiger partial charge on any atom is -0.382 e. The molecule has 0 fully saturated rings. The molecule has 14 nitrogen and oxygen atoms in total. The number of likely N-dealkylation sites (N-methyl/N-ethyl adjacent to an activating group) is 1. The van der Waals surface area contributed by atoms with E-state index in [1.54, 1.807) is 6.92 Å². The third-order valence-electron chi connectivity index (χ3n) is 4.08. The number of fused-ring (bicyclic) bond motifs is 2. The van der Waals surface area contributed by atoms with E-state index in [0.717, 1.165) is 40.6 Å². The van der Waals surface area contributed by atoms with Gasteiger partial charge in [-0.3, -0.25) is 5.41 Å². The second-order valence-electron chi connectivity index (χ2n) is 6.48. The average molecular weight is 672 g/mol. The molecule has 2 aromatic carbocycles. The summed E-state index contributed by atoms with van der Waals surface area (Å²) in [5.41, 5.74) is 12.9. The number of aromatic nitrogens is 1. The van der Waals surface area contributed by atoms with E-state index in [1.165, 1.54) is 0 Å². The zero-order valence-electron chi connectivity index (χ0n) is 19.2. The fourth-order valence-corrected chi connectivity index (χ4v) is 2.55. The van der Waals surface area contributed by atoms with E-state index in [2.05, 4.69) is 17.4 Å². The smallest absolute Gasteiger partial charge is 0.382 e. The molecule has 0 bridgehead atoms. The number of amidine groups is 1. The molecule has 0 radical (unpaired) electrons. The van der Waals surface area contributed by atoms with Crippen molar-refractivity contribution in [1.82, 2.24) is 9.88 Å². The van der Waals surface area contributed by atoms with Crippen molar-refractivity contribution in [2.75, 3.05) is 38.5 Å². The van der Waals surface area contributed by atoms with Gasteiger partial charge in [0.15, 0.2) is 0 Å². The van der Waals surface area contributed by atoms with Crippen molar-refractivity contribution in [2.45, 2.75) is 6.92 Å². The number of nitrogens with one attached hydrogen (secondary N) is 2. The summed E-state index contributed by atoms with van der Waals surface area (Å²) in [5.74, 6) is 0.575. The van der Waals surface area contributed by atoms with Crippen LogP contribution in [0.2, 0.25) is 0 Å². The van der Waals surface area contributed by atoms with Crippen LogP contribution < -0.4 is 16.8 Å². The average Bonchev–Trinajstić information content (AvgIpc) is 2.77. The van der Waals surface area contributed by atoms with E-state index >= 15 is 0 Å². The minimum absolute atomic E-state index is 0. The molecule has 6 N–H and O–H groups in total. The van der Waals surface area contributed by atoms with E-state index in [9.17, 15) is 0 Å². The van der Waals surface area contributed by atoms with Gasteiger partial charge in [0.1, 0.15) is 0 Å². The number of benzene rings is 2. The molecule has 194 valence electrons. The van der Waals surface area contributed by atoms with Crippen LogP contribution in [0, 0.1) is 36.1 Å². The Labute approximate surface area is 215 Å². The Bertz CT molecular complexity index is 996. The van der Waals surface area contributed by atoms with Gasteiger partial charge in [-0.2, -0.15) is 0 Å². The van der Waals surface area contributed by atoms with Crippen LogP contribution >= 0.6 is 0 Å². The summed E-state index contributed by atoms with van der Waals surface area (Å²) in [6, 6.07) is 16.4. The van der Waals surface area contributed by atoms with Gasteiger partial charge < -0.3 is 52.3 Å². The first-order valence-electron chi connectivity index (χ1n) is 9.85. The van der Waals surface area contributed by atoms with Gasteiger partial charge in [0.25, 0.3) is 0 Å². The first kappa shape index (κ1) is 33.6. The van der Waals surface area contributed by atoms with Crippen molar-refractivity contribution in [1.29, 1.82) is 5.41 Å². The molecule has 0 spiro atoms. The summed E-state index contributed by atoms with van der Waals surface area (Å²) in [6.07, 6.45) is 0. The zero-order chi connectivity index (χ0) is 26.1. The maximum Gasteiger partial charge on any atom is 2.00 e. The molecule has 0 amide bonds. The monoisotopic (exact) mass is 671 g/mol. The van der Waals surface area contributed by atoms with Gasteiger partial charge in [-0.15, -0.1) is 0 Å². The Balaban J connectivity index is 0. The van der Waals surface area contributed by atoms with E-state index in [1.807, 2.05) is 48.3 Å². The van der Waals surface area contributed by atoms with Crippen LogP contribution in [-0.2, 0) is 21.1 Å². The summed E-state index contributed by atoms with van der Waals surface area (Å²) in [7, 11) is 1.94. The summed E-state index contributed by atoms with van der Waals surface area (Å²) in [5, 5.41) is 42.9. The van der Waals surface area contributed by atoms with Crippen LogP contribution in [0.5, 0.6) is 0 Å². The Kier molecular flexibility index (Phi) is 18.0. The SMILES string of the molecule is CC(=N)N(C)CCNc1c2ccccc2nc2ccccc12.NCCN.O=[N+]([O-])[O-].O=[N+]([O-])[O-].[Pt+2]. The Morgan fingerprint density at radius 1 is 0.943 bits per heavy atom. The molecule has 0 aliphatic rings. The number of para-hydroxylation sites is 2. The molecule has 1 aromatic heterocycles. The molecular formula is C20H28N8O6Pt. The van der Waals surface area contributed by atoms with Crippen molar-refractivity contribution in [3.63, 3.8) is 0 Å². The van der Waals surface area contributed by atoms with Gasteiger partial charge in [-0.05, 0) is 19.1 Å². The fourth-order valence-electron chi connectivity index (χ4n) is 2.55. The van der Waals surface area contributed by atoms with E-state index in [-0.39, 0.29) is 21.1 Å².